The van der Waals surface area contributed by atoms with Crippen molar-refractivity contribution in [1.82, 2.24) is 25.4 Å². The smallest absolute Gasteiger partial charge is 0.192 e. The van der Waals surface area contributed by atoms with E-state index in [1.807, 2.05) is 31.5 Å². The summed E-state index contributed by atoms with van der Waals surface area (Å²) in [6.07, 6.45) is 2.32. The lowest BCUT2D eigenvalue weighted by atomic mass is 10.1. The van der Waals surface area contributed by atoms with Crippen LogP contribution in [0.4, 0.5) is 4.39 Å². The molecule has 1 aromatic carbocycles. The van der Waals surface area contributed by atoms with Gasteiger partial charge in [0.15, 0.2) is 11.8 Å². The Morgan fingerprint density at radius 1 is 1.38 bits per heavy atom. The number of nitrogens with one attached hydrogen (secondary N) is 2. The molecule has 2 unspecified atom stereocenters. The summed E-state index contributed by atoms with van der Waals surface area (Å²) in [7, 11) is 1.92. The Balaban J connectivity index is 0.00000300. The minimum atomic E-state index is -0.202. The Hall–Kier alpha value is -1.75. The molecule has 1 aromatic heterocycles. The quantitative estimate of drug-likeness (QED) is 0.351. The zero-order valence-electron chi connectivity index (χ0n) is 17.4. The first kappa shape index (κ1) is 23.5. The summed E-state index contributed by atoms with van der Waals surface area (Å²) in [5.41, 5.74) is 1.50. The van der Waals surface area contributed by atoms with Gasteiger partial charge in [-0.3, -0.25) is 0 Å². The molecule has 0 bridgehead atoms. The average Bonchev–Trinajstić information content (AvgIpc) is 3.31. The largest absolute Gasteiger partial charge is 0.376 e. The van der Waals surface area contributed by atoms with Crippen molar-refractivity contribution in [3.8, 4) is 0 Å². The first-order valence-electron chi connectivity index (χ1n) is 9.71. The van der Waals surface area contributed by atoms with E-state index in [1.165, 1.54) is 0 Å². The zero-order chi connectivity index (χ0) is 20.1. The zero-order valence-corrected chi connectivity index (χ0v) is 19.7. The van der Waals surface area contributed by atoms with Gasteiger partial charge < -0.3 is 19.9 Å². The molecular formula is C20H30FIN6O. The summed E-state index contributed by atoms with van der Waals surface area (Å²) in [5.74, 6) is 2.07. The topological polar surface area (TPSA) is 76.4 Å². The van der Waals surface area contributed by atoms with Gasteiger partial charge in [-0.2, -0.15) is 0 Å². The standard InChI is InChI=1S/C20H29FN6O.HI/c1-13-7-8-16(10-18(13)21)14(2)24-20(22-11-17-6-5-9-28-17)23-12-19-26-25-15(3)27(19)4;/h7-8,10,14,17H,5-6,9,11-12H2,1-4H3,(H2,22,23,24);1H. The molecule has 0 spiro atoms. The number of halogens is 2. The first-order chi connectivity index (χ1) is 13.4. The van der Waals surface area contributed by atoms with E-state index in [-0.39, 0.29) is 41.9 Å². The summed E-state index contributed by atoms with van der Waals surface area (Å²) in [6, 6.07) is 5.19. The van der Waals surface area contributed by atoms with Crippen LogP contribution in [0.3, 0.4) is 0 Å². The fraction of sp³-hybridized carbons (Fsp3) is 0.550. The number of rotatable bonds is 6. The van der Waals surface area contributed by atoms with Gasteiger partial charge >= 0.3 is 0 Å². The molecule has 160 valence electrons. The van der Waals surface area contributed by atoms with Crippen LogP contribution in [-0.4, -0.2) is 40.0 Å². The van der Waals surface area contributed by atoms with E-state index < -0.39 is 0 Å². The Morgan fingerprint density at radius 3 is 2.79 bits per heavy atom. The van der Waals surface area contributed by atoms with Gasteiger partial charge in [0.05, 0.1) is 12.1 Å². The number of ether oxygens (including phenoxy) is 1. The van der Waals surface area contributed by atoms with Crippen LogP contribution in [0.1, 0.15) is 48.6 Å². The van der Waals surface area contributed by atoms with Gasteiger partial charge in [0.2, 0.25) is 0 Å². The normalized spacial score (nSPS) is 17.7. The van der Waals surface area contributed by atoms with E-state index in [1.54, 1.807) is 19.1 Å². The predicted octanol–water partition coefficient (Wildman–Crippen LogP) is 3.16. The van der Waals surface area contributed by atoms with E-state index in [0.717, 1.165) is 36.7 Å². The van der Waals surface area contributed by atoms with Gasteiger partial charge in [0.1, 0.15) is 18.2 Å². The Kier molecular flexibility index (Phi) is 8.81. The molecule has 0 saturated carbocycles. The monoisotopic (exact) mass is 516 g/mol. The number of guanidine groups is 1. The van der Waals surface area contributed by atoms with Crippen LogP contribution in [0.25, 0.3) is 0 Å². The second-order valence-electron chi connectivity index (χ2n) is 7.28. The second-order valence-corrected chi connectivity index (χ2v) is 7.28. The summed E-state index contributed by atoms with van der Waals surface area (Å²) >= 11 is 0. The Morgan fingerprint density at radius 2 is 2.17 bits per heavy atom. The molecule has 29 heavy (non-hydrogen) atoms. The SMILES string of the molecule is Cc1ccc(C(C)NC(=NCc2nnc(C)n2C)NCC2CCCO2)cc1F.I. The van der Waals surface area contributed by atoms with E-state index in [2.05, 4.69) is 25.8 Å². The van der Waals surface area contributed by atoms with Crippen LogP contribution < -0.4 is 10.6 Å². The van der Waals surface area contributed by atoms with Crippen molar-refractivity contribution in [1.29, 1.82) is 0 Å². The number of aromatic nitrogens is 3. The van der Waals surface area contributed by atoms with Crippen molar-refractivity contribution < 1.29 is 9.13 Å². The molecule has 2 aromatic rings. The van der Waals surface area contributed by atoms with Gasteiger partial charge in [0.25, 0.3) is 0 Å². The van der Waals surface area contributed by atoms with E-state index in [9.17, 15) is 4.39 Å². The lowest BCUT2D eigenvalue weighted by Crippen LogP contribution is -2.42. The minimum Gasteiger partial charge on any atom is -0.376 e. The van der Waals surface area contributed by atoms with Crippen molar-refractivity contribution >= 4 is 29.9 Å². The molecule has 3 rings (SSSR count). The van der Waals surface area contributed by atoms with Crippen LogP contribution in [-0.2, 0) is 18.3 Å². The highest BCUT2D eigenvalue weighted by molar-refractivity contribution is 14.0. The lowest BCUT2D eigenvalue weighted by Gasteiger charge is -2.20. The third kappa shape index (κ3) is 6.36. The number of nitrogens with zero attached hydrogens (tertiary/aromatic N) is 4. The van der Waals surface area contributed by atoms with Gasteiger partial charge in [-0.25, -0.2) is 9.38 Å². The molecule has 1 aliphatic rings. The molecular weight excluding hydrogens is 486 g/mol. The highest BCUT2D eigenvalue weighted by Crippen LogP contribution is 2.16. The molecule has 1 saturated heterocycles. The molecule has 7 nitrogen and oxygen atoms in total. The molecule has 2 atom stereocenters. The third-order valence-electron chi connectivity index (χ3n) is 5.13. The number of aryl methyl sites for hydroxylation is 2. The van der Waals surface area contributed by atoms with Gasteiger partial charge in [-0.1, -0.05) is 12.1 Å². The number of hydrogen-bond donors (Lipinski definition) is 2. The first-order valence-corrected chi connectivity index (χ1v) is 9.71. The van der Waals surface area contributed by atoms with Crippen LogP contribution >= 0.6 is 24.0 Å². The summed E-state index contributed by atoms with van der Waals surface area (Å²) < 4.78 is 21.5. The Labute approximate surface area is 188 Å². The maximum absolute atomic E-state index is 13.9. The summed E-state index contributed by atoms with van der Waals surface area (Å²) in [6.45, 7) is 7.54. The molecule has 2 heterocycles. The van der Waals surface area contributed by atoms with Crippen molar-refractivity contribution in [2.45, 2.75) is 52.3 Å². The van der Waals surface area contributed by atoms with Crippen LogP contribution in [0, 0.1) is 19.7 Å². The molecule has 2 N–H and O–H groups in total. The van der Waals surface area contributed by atoms with Crippen LogP contribution in [0.2, 0.25) is 0 Å². The van der Waals surface area contributed by atoms with E-state index in [0.29, 0.717) is 24.6 Å². The maximum Gasteiger partial charge on any atom is 0.192 e. The number of aliphatic imine (C=N–C) groups is 1. The highest BCUT2D eigenvalue weighted by Gasteiger charge is 2.17. The number of hydrogen-bond acceptors (Lipinski definition) is 4. The van der Waals surface area contributed by atoms with Crippen LogP contribution in [0.5, 0.6) is 0 Å². The van der Waals surface area contributed by atoms with Crippen molar-refractivity contribution in [3.05, 3.63) is 46.8 Å². The maximum atomic E-state index is 13.9. The number of benzene rings is 1. The molecule has 1 fully saturated rings. The van der Waals surface area contributed by atoms with E-state index in [4.69, 9.17) is 4.74 Å². The second kappa shape index (κ2) is 10.9. The summed E-state index contributed by atoms with van der Waals surface area (Å²) in [4.78, 5) is 4.66. The molecule has 0 aliphatic carbocycles. The van der Waals surface area contributed by atoms with Crippen molar-refractivity contribution in [3.63, 3.8) is 0 Å². The predicted molar refractivity (Wildman–Crippen MR) is 122 cm³/mol. The third-order valence-corrected chi connectivity index (χ3v) is 5.13. The molecule has 0 radical (unpaired) electrons. The van der Waals surface area contributed by atoms with Gasteiger partial charge in [-0.15, -0.1) is 34.2 Å². The van der Waals surface area contributed by atoms with Crippen LogP contribution in [0.15, 0.2) is 23.2 Å². The van der Waals surface area contributed by atoms with E-state index >= 15 is 0 Å². The van der Waals surface area contributed by atoms with Gasteiger partial charge in [0, 0.05) is 20.2 Å². The Bertz CT molecular complexity index is 834. The fourth-order valence-corrected chi connectivity index (χ4v) is 3.07. The van der Waals surface area contributed by atoms with Crippen molar-refractivity contribution in [2.24, 2.45) is 12.0 Å². The molecule has 1 aliphatic heterocycles. The highest BCUT2D eigenvalue weighted by atomic mass is 127. The minimum absolute atomic E-state index is 0. The fourth-order valence-electron chi connectivity index (χ4n) is 3.07. The average molecular weight is 516 g/mol. The van der Waals surface area contributed by atoms with Gasteiger partial charge in [-0.05, 0) is 50.8 Å². The summed E-state index contributed by atoms with van der Waals surface area (Å²) in [5, 5.41) is 14.9. The molecule has 0 amide bonds. The lowest BCUT2D eigenvalue weighted by molar-refractivity contribution is 0.113. The molecule has 9 heteroatoms. The van der Waals surface area contributed by atoms with Crippen molar-refractivity contribution in [2.75, 3.05) is 13.2 Å².